The van der Waals surface area contributed by atoms with Crippen LogP contribution in [0.25, 0.3) is 0 Å². The molecule has 4 heteroatoms. The quantitative estimate of drug-likeness (QED) is 0.896. The van der Waals surface area contributed by atoms with Gasteiger partial charge >= 0.3 is 0 Å². The SMILES string of the molecule is Cc1ccc(Br)c(NC(=O)CNC2CCCC2)c1. The van der Waals surface area contributed by atoms with Crippen LogP contribution in [0, 0.1) is 6.92 Å². The second-order valence-electron chi connectivity index (χ2n) is 4.89. The van der Waals surface area contributed by atoms with E-state index in [0.29, 0.717) is 12.6 Å². The minimum atomic E-state index is 0.0215. The summed E-state index contributed by atoms with van der Waals surface area (Å²) in [7, 11) is 0. The first kappa shape index (κ1) is 13.6. The molecule has 2 N–H and O–H groups in total. The fourth-order valence-corrected chi connectivity index (χ4v) is 2.64. The molecule has 3 nitrogen and oxygen atoms in total. The van der Waals surface area contributed by atoms with Gasteiger partial charge in [0.25, 0.3) is 0 Å². The lowest BCUT2D eigenvalue weighted by Crippen LogP contribution is -2.34. The fraction of sp³-hybridized carbons (Fsp3) is 0.500. The molecule has 0 saturated heterocycles. The molecule has 98 valence electrons. The Bertz CT molecular complexity index is 428. The maximum Gasteiger partial charge on any atom is 0.238 e. The predicted molar refractivity (Wildman–Crippen MR) is 77.8 cm³/mol. The highest BCUT2D eigenvalue weighted by Crippen LogP contribution is 2.23. The van der Waals surface area contributed by atoms with Crippen molar-refractivity contribution < 1.29 is 4.79 Å². The van der Waals surface area contributed by atoms with Crippen molar-refractivity contribution in [2.24, 2.45) is 0 Å². The van der Waals surface area contributed by atoms with Gasteiger partial charge in [0, 0.05) is 10.5 Å². The molecule has 2 rings (SSSR count). The Balaban J connectivity index is 1.84. The molecule has 0 aromatic heterocycles. The standard InChI is InChI=1S/C14H19BrN2O/c1-10-6-7-12(15)13(8-10)17-14(18)9-16-11-4-2-3-5-11/h6-8,11,16H,2-5,9H2,1H3,(H,17,18). The Hall–Kier alpha value is -0.870. The van der Waals surface area contributed by atoms with E-state index in [0.717, 1.165) is 15.7 Å². The zero-order valence-electron chi connectivity index (χ0n) is 10.6. The van der Waals surface area contributed by atoms with Crippen molar-refractivity contribution in [3.8, 4) is 0 Å². The molecule has 1 aromatic carbocycles. The van der Waals surface area contributed by atoms with E-state index in [9.17, 15) is 4.79 Å². The normalized spacial score (nSPS) is 15.9. The third-order valence-corrected chi connectivity index (χ3v) is 3.99. The van der Waals surface area contributed by atoms with E-state index in [1.807, 2.05) is 25.1 Å². The Labute approximate surface area is 116 Å². The average molecular weight is 311 g/mol. The van der Waals surface area contributed by atoms with Crippen molar-refractivity contribution in [1.29, 1.82) is 0 Å². The van der Waals surface area contributed by atoms with Gasteiger partial charge in [-0.1, -0.05) is 18.9 Å². The second kappa shape index (κ2) is 6.34. The van der Waals surface area contributed by atoms with Gasteiger partial charge in [0.2, 0.25) is 5.91 Å². The summed E-state index contributed by atoms with van der Waals surface area (Å²) < 4.78 is 0.919. The first-order valence-electron chi connectivity index (χ1n) is 6.44. The summed E-state index contributed by atoms with van der Waals surface area (Å²) >= 11 is 3.44. The second-order valence-corrected chi connectivity index (χ2v) is 5.75. The summed E-state index contributed by atoms with van der Waals surface area (Å²) in [4.78, 5) is 11.8. The van der Waals surface area contributed by atoms with Crippen molar-refractivity contribution in [3.05, 3.63) is 28.2 Å². The van der Waals surface area contributed by atoms with Crippen molar-refractivity contribution >= 4 is 27.5 Å². The molecule has 0 atom stereocenters. The first-order valence-corrected chi connectivity index (χ1v) is 7.24. The molecule has 1 aromatic rings. The summed E-state index contributed by atoms with van der Waals surface area (Å²) in [6, 6.07) is 6.46. The number of hydrogen-bond acceptors (Lipinski definition) is 2. The molecule has 0 heterocycles. The number of benzene rings is 1. The number of aryl methyl sites for hydroxylation is 1. The van der Waals surface area contributed by atoms with Crippen LogP contribution in [0.15, 0.2) is 22.7 Å². The molecule has 0 spiro atoms. The Morgan fingerprint density at radius 2 is 2.11 bits per heavy atom. The van der Waals surface area contributed by atoms with Crippen LogP contribution in [0.4, 0.5) is 5.69 Å². The summed E-state index contributed by atoms with van der Waals surface area (Å²) in [6.07, 6.45) is 4.95. The zero-order chi connectivity index (χ0) is 13.0. The van der Waals surface area contributed by atoms with E-state index in [1.165, 1.54) is 25.7 Å². The Morgan fingerprint density at radius 1 is 1.39 bits per heavy atom. The van der Waals surface area contributed by atoms with Gasteiger partial charge in [-0.3, -0.25) is 4.79 Å². The topological polar surface area (TPSA) is 41.1 Å². The van der Waals surface area contributed by atoms with Gasteiger partial charge in [0.1, 0.15) is 0 Å². The molecule has 1 saturated carbocycles. The highest BCUT2D eigenvalue weighted by atomic mass is 79.9. The molecule has 0 aliphatic heterocycles. The van der Waals surface area contributed by atoms with Crippen LogP contribution >= 0.6 is 15.9 Å². The van der Waals surface area contributed by atoms with Crippen LogP contribution in [-0.2, 0) is 4.79 Å². The lowest BCUT2D eigenvalue weighted by molar-refractivity contribution is -0.115. The van der Waals surface area contributed by atoms with Crippen LogP contribution in [0.1, 0.15) is 31.2 Å². The number of hydrogen-bond donors (Lipinski definition) is 2. The van der Waals surface area contributed by atoms with Gasteiger partial charge < -0.3 is 10.6 Å². The van der Waals surface area contributed by atoms with Gasteiger partial charge in [0.15, 0.2) is 0 Å². The zero-order valence-corrected chi connectivity index (χ0v) is 12.2. The van der Waals surface area contributed by atoms with Crippen molar-refractivity contribution in [2.45, 2.75) is 38.6 Å². The Morgan fingerprint density at radius 3 is 2.83 bits per heavy atom. The van der Waals surface area contributed by atoms with Crippen LogP contribution < -0.4 is 10.6 Å². The lowest BCUT2D eigenvalue weighted by atomic mass is 10.2. The molecular formula is C14H19BrN2O. The van der Waals surface area contributed by atoms with E-state index in [4.69, 9.17) is 0 Å². The summed E-state index contributed by atoms with van der Waals surface area (Å²) in [5, 5.41) is 6.24. The van der Waals surface area contributed by atoms with Gasteiger partial charge in [0.05, 0.1) is 12.2 Å². The smallest absolute Gasteiger partial charge is 0.238 e. The molecule has 1 aliphatic rings. The maximum atomic E-state index is 11.8. The van der Waals surface area contributed by atoms with Crippen molar-refractivity contribution in [2.75, 3.05) is 11.9 Å². The van der Waals surface area contributed by atoms with E-state index >= 15 is 0 Å². The minimum absolute atomic E-state index is 0.0215. The van der Waals surface area contributed by atoms with Crippen LogP contribution in [0.5, 0.6) is 0 Å². The summed E-state index contributed by atoms with van der Waals surface area (Å²) in [6.45, 7) is 2.41. The van der Waals surface area contributed by atoms with E-state index < -0.39 is 0 Å². The van der Waals surface area contributed by atoms with Crippen molar-refractivity contribution in [3.63, 3.8) is 0 Å². The van der Waals surface area contributed by atoms with Crippen LogP contribution in [0.2, 0.25) is 0 Å². The van der Waals surface area contributed by atoms with E-state index in [1.54, 1.807) is 0 Å². The summed E-state index contributed by atoms with van der Waals surface area (Å²) in [5.41, 5.74) is 1.98. The number of rotatable bonds is 4. The third kappa shape index (κ3) is 3.82. The first-order chi connectivity index (χ1) is 8.65. The maximum absolute atomic E-state index is 11.8. The molecule has 0 bridgehead atoms. The van der Waals surface area contributed by atoms with Gasteiger partial charge in [-0.2, -0.15) is 0 Å². The fourth-order valence-electron chi connectivity index (χ4n) is 2.30. The molecular weight excluding hydrogens is 292 g/mol. The minimum Gasteiger partial charge on any atom is -0.324 e. The summed E-state index contributed by atoms with van der Waals surface area (Å²) in [5.74, 6) is 0.0215. The molecule has 0 unspecified atom stereocenters. The molecule has 1 fully saturated rings. The molecule has 1 amide bonds. The number of halogens is 1. The highest BCUT2D eigenvalue weighted by Gasteiger charge is 2.15. The van der Waals surface area contributed by atoms with E-state index in [2.05, 4.69) is 26.6 Å². The third-order valence-electron chi connectivity index (χ3n) is 3.30. The number of amides is 1. The van der Waals surface area contributed by atoms with Crippen LogP contribution in [-0.4, -0.2) is 18.5 Å². The van der Waals surface area contributed by atoms with Crippen molar-refractivity contribution in [1.82, 2.24) is 5.32 Å². The number of carbonyl (C=O) groups is 1. The van der Waals surface area contributed by atoms with Crippen LogP contribution in [0.3, 0.4) is 0 Å². The largest absolute Gasteiger partial charge is 0.324 e. The molecule has 18 heavy (non-hydrogen) atoms. The monoisotopic (exact) mass is 310 g/mol. The van der Waals surface area contributed by atoms with Gasteiger partial charge in [-0.25, -0.2) is 0 Å². The van der Waals surface area contributed by atoms with Gasteiger partial charge in [-0.15, -0.1) is 0 Å². The number of carbonyl (C=O) groups excluding carboxylic acids is 1. The molecule has 0 radical (unpaired) electrons. The Kier molecular flexibility index (Phi) is 4.78. The number of nitrogens with one attached hydrogen (secondary N) is 2. The highest BCUT2D eigenvalue weighted by molar-refractivity contribution is 9.10. The lowest BCUT2D eigenvalue weighted by Gasteiger charge is -2.12. The van der Waals surface area contributed by atoms with Gasteiger partial charge in [-0.05, 0) is 53.4 Å². The van der Waals surface area contributed by atoms with E-state index in [-0.39, 0.29) is 5.91 Å². The number of anilines is 1. The average Bonchev–Trinajstić information content (AvgIpc) is 2.84. The molecule has 1 aliphatic carbocycles. The predicted octanol–water partition coefficient (Wildman–Crippen LogP) is 3.23.